The molecular formula is C21H18F6N8O2. The number of anilines is 3. The van der Waals surface area contributed by atoms with Gasteiger partial charge < -0.3 is 20.6 Å². The third-order valence-electron chi connectivity index (χ3n) is 5.31. The monoisotopic (exact) mass is 528 g/mol. The fourth-order valence-corrected chi connectivity index (χ4v) is 3.52. The number of piperidine rings is 1. The third kappa shape index (κ3) is 6.50. The van der Waals surface area contributed by atoms with E-state index in [1.807, 2.05) is 0 Å². The van der Waals surface area contributed by atoms with Crippen LogP contribution >= 0.6 is 0 Å². The van der Waals surface area contributed by atoms with Gasteiger partial charge in [0.25, 0.3) is 0 Å². The number of hydrogen-bond acceptors (Lipinski definition) is 8. The van der Waals surface area contributed by atoms with Gasteiger partial charge in [-0.1, -0.05) is 6.07 Å². The first-order valence-electron chi connectivity index (χ1n) is 10.7. The Hall–Kier alpha value is -4.24. The molecule has 1 aliphatic rings. The average Bonchev–Trinajstić information content (AvgIpc) is 2.83. The van der Waals surface area contributed by atoms with Gasteiger partial charge in [-0.05, 0) is 37.1 Å². The van der Waals surface area contributed by atoms with E-state index in [0.29, 0.717) is 12.8 Å². The molecule has 1 amide bonds. The van der Waals surface area contributed by atoms with Crippen LogP contribution in [0.3, 0.4) is 0 Å². The van der Waals surface area contributed by atoms with Crippen LogP contribution < -0.4 is 10.6 Å². The number of carbonyl (C=O) groups is 1. The van der Waals surface area contributed by atoms with E-state index in [2.05, 4.69) is 35.6 Å². The summed E-state index contributed by atoms with van der Waals surface area (Å²) in [6.45, 7) is 0.477. The minimum Gasteiger partial charge on any atom is -0.465 e. The molecule has 0 atom stereocenters. The summed E-state index contributed by atoms with van der Waals surface area (Å²) >= 11 is 0. The molecule has 0 spiro atoms. The van der Waals surface area contributed by atoms with Gasteiger partial charge in [0.1, 0.15) is 17.1 Å². The molecule has 0 unspecified atom stereocenters. The molecule has 3 aromatic heterocycles. The second-order valence-corrected chi connectivity index (χ2v) is 7.95. The van der Waals surface area contributed by atoms with E-state index in [1.165, 1.54) is 17.0 Å². The zero-order chi connectivity index (χ0) is 26.8. The second kappa shape index (κ2) is 10.0. The van der Waals surface area contributed by atoms with Crippen molar-refractivity contribution in [2.45, 2.75) is 31.2 Å². The standard InChI is InChI=1S/C21H18F6N8O2/c22-20(23,24)14-3-1-2-13(31-14)16-32-17(29-11-5-8-35(9-6-11)19(36)37)34-18(33-16)30-12-4-7-28-15(10-12)21(25,26)27/h1-4,7,10-11H,5-6,8-9H2,(H,36,37)(H2,28,29,30,32,33,34). The number of likely N-dealkylation sites (tertiary alicyclic amines) is 1. The Morgan fingerprint density at radius 3 is 2.24 bits per heavy atom. The van der Waals surface area contributed by atoms with Crippen molar-refractivity contribution >= 4 is 23.7 Å². The Balaban J connectivity index is 1.67. The van der Waals surface area contributed by atoms with Gasteiger partial charge in [-0.15, -0.1) is 0 Å². The van der Waals surface area contributed by atoms with Crippen LogP contribution in [-0.2, 0) is 12.4 Å². The predicted molar refractivity (Wildman–Crippen MR) is 117 cm³/mol. The number of carboxylic acid groups (broad SMARTS) is 1. The lowest BCUT2D eigenvalue weighted by atomic mass is 10.1. The van der Waals surface area contributed by atoms with E-state index < -0.39 is 29.8 Å². The van der Waals surface area contributed by atoms with Crippen LogP contribution in [0.2, 0.25) is 0 Å². The van der Waals surface area contributed by atoms with Gasteiger partial charge in [0.05, 0.1) is 0 Å². The van der Waals surface area contributed by atoms with E-state index >= 15 is 0 Å². The molecule has 1 aliphatic heterocycles. The molecule has 196 valence electrons. The normalized spacial score (nSPS) is 14.9. The predicted octanol–water partition coefficient (Wildman–Crippen LogP) is 4.66. The van der Waals surface area contributed by atoms with Crippen molar-refractivity contribution in [1.82, 2.24) is 29.8 Å². The van der Waals surface area contributed by atoms with Crippen molar-refractivity contribution in [3.05, 3.63) is 47.9 Å². The van der Waals surface area contributed by atoms with Gasteiger partial charge in [0.2, 0.25) is 11.9 Å². The molecule has 0 aliphatic carbocycles. The highest BCUT2D eigenvalue weighted by molar-refractivity contribution is 5.65. The lowest BCUT2D eigenvalue weighted by molar-refractivity contribution is -0.141. The highest BCUT2D eigenvalue weighted by atomic mass is 19.4. The minimum atomic E-state index is -4.73. The molecule has 4 rings (SSSR count). The summed E-state index contributed by atoms with van der Waals surface area (Å²) in [4.78, 5) is 31.5. The molecule has 1 saturated heterocycles. The number of rotatable bonds is 5. The van der Waals surface area contributed by atoms with Crippen molar-refractivity contribution in [2.24, 2.45) is 0 Å². The average molecular weight is 528 g/mol. The highest BCUT2D eigenvalue weighted by Crippen LogP contribution is 2.31. The number of nitrogens with zero attached hydrogens (tertiary/aromatic N) is 6. The van der Waals surface area contributed by atoms with Gasteiger partial charge in [0.15, 0.2) is 5.82 Å². The molecule has 1 fully saturated rings. The molecule has 16 heteroatoms. The van der Waals surface area contributed by atoms with Crippen molar-refractivity contribution in [3.63, 3.8) is 0 Å². The number of amides is 1. The summed E-state index contributed by atoms with van der Waals surface area (Å²) < 4.78 is 78.7. The molecule has 37 heavy (non-hydrogen) atoms. The second-order valence-electron chi connectivity index (χ2n) is 7.95. The number of alkyl halides is 6. The number of halogens is 6. The van der Waals surface area contributed by atoms with Gasteiger partial charge in [-0.25, -0.2) is 9.78 Å². The van der Waals surface area contributed by atoms with Crippen LogP contribution in [-0.4, -0.2) is 60.2 Å². The number of aromatic nitrogens is 5. The number of hydrogen-bond donors (Lipinski definition) is 3. The molecule has 0 aromatic carbocycles. The lowest BCUT2D eigenvalue weighted by Gasteiger charge is -2.30. The van der Waals surface area contributed by atoms with Gasteiger partial charge in [-0.2, -0.15) is 41.3 Å². The van der Waals surface area contributed by atoms with Crippen molar-refractivity contribution < 1.29 is 36.2 Å². The number of pyridine rings is 2. The van der Waals surface area contributed by atoms with E-state index in [-0.39, 0.29) is 48.2 Å². The van der Waals surface area contributed by atoms with Gasteiger partial charge in [0, 0.05) is 31.0 Å². The molecule has 10 nitrogen and oxygen atoms in total. The summed E-state index contributed by atoms with van der Waals surface area (Å²) in [6.07, 6.45) is -8.76. The summed E-state index contributed by atoms with van der Waals surface area (Å²) in [5.74, 6) is -0.598. The maximum absolute atomic E-state index is 13.2. The van der Waals surface area contributed by atoms with Crippen LogP contribution in [0.25, 0.3) is 11.5 Å². The lowest BCUT2D eigenvalue weighted by Crippen LogP contribution is -2.41. The van der Waals surface area contributed by atoms with Crippen LogP contribution in [0.4, 0.5) is 48.7 Å². The molecule has 0 saturated carbocycles. The Bertz CT molecular complexity index is 1280. The largest absolute Gasteiger partial charge is 0.465 e. The SMILES string of the molecule is O=C(O)N1CCC(Nc2nc(Nc3ccnc(C(F)(F)F)c3)nc(-c3cccc(C(F)(F)F)n3)n2)CC1. The Morgan fingerprint density at radius 2 is 1.59 bits per heavy atom. The fraction of sp³-hybridized carbons (Fsp3) is 0.333. The molecule has 0 radical (unpaired) electrons. The van der Waals surface area contributed by atoms with Crippen LogP contribution in [0.15, 0.2) is 36.5 Å². The third-order valence-corrected chi connectivity index (χ3v) is 5.31. The van der Waals surface area contributed by atoms with Crippen molar-refractivity contribution in [2.75, 3.05) is 23.7 Å². The quantitative estimate of drug-likeness (QED) is 0.405. The van der Waals surface area contributed by atoms with E-state index in [0.717, 1.165) is 24.4 Å². The summed E-state index contributed by atoms with van der Waals surface area (Å²) in [5, 5.41) is 14.7. The minimum absolute atomic E-state index is 0.0720. The fourth-order valence-electron chi connectivity index (χ4n) is 3.52. The van der Waals surface area contributed by atoms with Crippen molar-refractivity contribution in [3.8, 4) is 11.5 Å². The van der Waals surface area contributed by atoms with Crippen LogP contribution in [0.5, 0.6) is 0 Å². The van der Waals surface area contributed by atoms with Crippen LogP contribution in [0, 0.1) is 0 Å². The summed E-state index contributed by atoms with van der Waals surface area (Å²) in [7, 11) is 0. The van der Waals surface area contributed by atoms with Crippen LogP contribution in [0.1, 0.15) is 24.2 Å². The Labute approximate surface area is 204 Å². The first kappa shape index (κ1) is 25.8. The number of nitrogens with one attached hydrogen (secondary N) is 2. The summed E-state index contributed by atoms with van der Waals surface area (Å²) in [6, 6.07) is 4.82. The Kier molecular flexibility index (Phi) is 7.00. The van der Waals surface area contributed by atoms with E-state index in [4.69, 9.17) is 5.11 Å². The smallest absolute Gasteiger partial charge is 0.433 e. The first-order chi connectivity index (χ1) is 17.4. The molecule has 0 bridgehead atoms. The topological polar surface area (TPSA) is 129 Å². The van der Waals surface area contributed by atoms with Gasteiger partial charge in [-0.3, -0.25) is 4.98 Å². The van der Waals surface area contributed by atoms with E-state index in [1.54, 1.807) is 0 Å². The zero-order valence-electron chi connectivity index (χ0n) is 18.7. The maximum atomic E-state index is 13.2. The van der Waals surface area contributed by atoms with Crippen molar-refractivity contribution in [1.29, 1.82) is 0 Å². The first-order valence-corrected chi connectivity index (χ1v) is 10.7. The molecule has 3 N–H and O–H groups in total. The molecule has 3 aromatic rings. The highest BCUT2D eigenvalue weighted by Gasteiger charge is 2.33. The van der Waals surface area contributed by atoms with E-state index in [9.17, 15) is 31.1 Å². The zero-order valence-corrected chi connectivity index (χ0v) is 18.7. The molecular weight excluding hydrogens is 510 g/mol. The van der Waals surface area contributed by atoms with Gasteiger partial charge >= 0.3 is 18.4 Å². The molecule has 4 heterocycles. The summed E-state index contributed by atoms with van der Waals surface area (Å²) in [5.41, 5.74) is -2.67. The Morgan fingerprint density at radius 1 is 0.919 bits per heavy atom. The maximum Gasteiger partial charge on any atom is 0.433 e.